The van der Waals surface area contributed by atoms with E-state index in [9.17, 15) is 15.2 Å². The number of nitrogens with zero attached hydrogens (tertiary/aromatic N) is 1. The first-order chi connectivity index (χ1) is 12.0. The SMILES string of the molecule is CC12CCC3c4ccc(O)cc4CCC3C1CC1OC(=O)C(C#N)=C12. The molecule has 5 unspecified atom stereocenters. The van der Waals surface area contributed by atoms with Crippen molar-refractivity contribution in [3.63, 3.8) is 0 Å². The van der Waals surface area contributed by atoms with Crippen LogP contribution in [0, 0.1) is 28.6 Å². The maximum absolute atomic E-state index is 12.0. The lowest BCUT2D eigenvalue weighted by Gasteiger charge is -2.49. The van der Waals surface area contributed by atoms with Crippen LogP contribution in [-0.2, 0) is 16.0 Å². The van der Waals surface area contributed by atoms with Crippen molar-refractivity contribution in [2.24, 2.45) is 17.3 Å². The first kappa shape index (κ1) is 15.0. The van der Waals surface area contributed by atoms with Crippen LogP contribution in [0.25, 0.3) is 0 Å². The Labute approximate surface area is 147 Å². The molecule has 1 aromatic rings. The van der Waals surface area contributed by atoms with Crippen LogP contribution in [-0.4, -0.2) is 17.2 Å². The van der Waals surface area contributed by atoms with E-state index in [2.05, 4.69) is 19.1 Å². The molecule has 1 N–H and O–H groups in total. The molecule has 0 aromatic heterocycles. The largest absolute Gasteiger partial charge is 0.508 e. The molecule has 5 atom stereocenters. The number of nitriles is 1. The summed E-state index contributed by atoms with van der Waals surface area (Å²) in [6.07, 6.45) is 4.84. The van der Waals surface area contributed by atoms with Crippen LogP contribution < -0.4 is 0 Å². The fourth-order valence-electron chi connectivity index (χ4n) is 6.33. The fourth-order valence-corrected chi connectivity index (χ4v) is 6.33. The fraction of sp³-hybridized carbons (Fsp3) is 0.524. The number of fused-ring (bicyclic) bond motifs is 7. The third-order valence-corrected chi connectivity index (χ3v) is 7.34. The monoisotopic (exact) mass is 335 g/mol. The Bertz CT molecular complexity index is 864. The Morgan fingerprint density at radius 3 is 3.00 bits per heavy atom. The molecule has 0 radical (unpaired) electrons. The van der Waals surface area contributed by atoms with Crippen molar-refractivity contribution in [3.05, 3.63) is 40.5 Å². The zero-order chi connectivity index (χ0) is 17.3. The highest BCUT2D eigenvalue weighted by atomic mass is 16.5. The van der Waals surface area contributed by atoms with E-state index >= 15 is 0 Å². The van der Waals surface area contributed by atoms with Gasteiger partial charge in [-0.15, -0.1) is 0 Å². The highest BCUT2D eigenvalue weighted by Crippen LogP contribution is 2.64. The number of carbonyl (C=O) groups is 1. The van der Waals surface area contributed by atoms with E-state index in [4.69, 9.17) is 4.74 Å². The summed E-state index contributed by atoms with van der Waals surface area (Å²) >= 11 is 0. The number of aryl methyl sites for hydroxylation is 1. The first-order valence-corrected chi connectivity index (χ1v) is 9.20. The number of hydrogen-bond acceptors (Lipinski definition) is 4. The van der Waals surface area contributed by atoms with Crippen LogP contribution >= 0.6 is 0 Å². The summed E-state index contributed by atoms with van der Waals surface area (Å²) in [6.45, 7) is 2.24. The van der Waals surface area contributed by atoms with E-state index in [1.165, 1.54) is 11.1 Å². The second-order valence-corrected chi connectivity index (χ2v) is 8.28. The van der Waals surface area contributed by atoms with Gasteiger partial charge in [-0.1, -0.05) is 13.0 Å². The van der Waals surface area contributed by atoms with Gasteiger partial charge < -0.3 is 9.84 Å². The smallest absolute Gasteiger partial charge is 0.349 e. The number of benzene rings is 1. The molecule has 2 saturated carbocycles. The van der Waals surface area contributed by atoms with Crippen molar-refractivity contribution in [1.29, 1.82) is 5.26 Å². The van der Waals surface area contributed by atoms with E-state index in [0.29, 0.717) is 23.5 Å². The van der Waals surface area contributed by atoms with Crippen molar-refractivity contribution >= 4 is 5.97 Å². The molecule has 4 heteroatoms. The topological polar surface area (TPSA) is 70.3 Å². The maximum atomic E-state index is 12.0. The summed E-state index contributed by atoms with van der Waals surface area (Å²) in [6, 6.07) is 7.93. The molecule has 5 rings (SSSR count). The van der Waals surface area contributed by atoms with Crippen molar-refractivity contribution < 1.29 is 14.6 Å². The number of phenols is 1. The second kappa shape index (κ2) is 4.88. The van der Waals surface area contributed by atoms with Gasteiger partial charge in [-0.2, -0.15) is 5.26 Å². The Morgan fingerprint density at radius 1 is 1.36 bits per heavy atom. The van der Waals surface area contributed by atoms with Crippen LogP contribution in [0.1, 0.15) is 49.7 Å². The minimum Gasteiger partial charge on any atom is -0.508 e. The molecule has 0 spiro atoms. The number of rotatable bonds is 0. The van der Waals surface area contributed by atoms with Crippen molar-refractivity contribution in [2.75, 3.05) is 0 Å². The van der Waals surface area contributed by atoms with Gasteiger partial charge in [0.1, 0.15) is 23.5 Å². The van der Waals surface area contributed by atoms with E-state index in [1.807, 2.05) is 6.07 Å². The van der Waals surface area contributed by atoms with Crippen LogP contribution in [0.15, 0.2) is 29.3 Å². The quantitative estimate of drug-likeness (QED) is 0.735. The number of hydrogen-bond donors (Lipinski definition) is 1. The lowest BCUT2D eigenvalue weighted by molar-refractivity contribution is -0.139. The van der Waals surface area contributed by atoms with Gasteiger partial charge in [0.25, 0.3) is 0 Å². The first-order valence-electron chi connectivity index (χ1n) is 9.20. The molecule has 0 saturated heterocycles. The van der Waals surface area contributed by atoms with E-state index in [0.717, 1.165) is 37.7 Å². The standard InChI is InChI=1S/C21H21NO3/c1-21-7-6-14-13-5-3-12(23)8-11(13)2-4-15(14)17(21)9-18-19(21)16(10-22)20(24)25-18/h3,5,8,14-15,17-18,23H,2,4,6-7,9H2,1H3. The Morgan fingerprint density at radius 2 is 2.20 bits per heavy atom. The van der Waals surface area contributed by atoms with Crippen LogP contribution in [0.5, 0.6) is 5.75 Å². The molecular formula is C21H21NO3. The third-order valence-electron chi connectivity index (χ3n) is 7.34. The van der Waals surface area contributed by atoms with Gasteiger partial charge in [-0.05, 0) is 78.5 Å². The Hall–Kier alpha value is -2.28. The summed E-state index contributed by atoms with van der Waals surface area (Å²) in [7, 11) is 0. The van der Waals surface area contributed by atoms with Crippen molar-refractivity contribution in [1.82, 2.24) is 0 Å². The van der Waals surface area contributed by atoms with Gasteiger partial charge >= 0.3 is 5.97 Å². The molecule has 1 heterocycles. The number of carbonyl (C=O) groups excluding carboxylic acids is 1. The maximum Gasteiger partial charge on any atom is 0.349 e. The molecular weight excluding hydrogens is 314 g/mol. The van der Waals surface area contributed by atoms with Gasteiger partial charge in [-0.3, -0.25) is 0 Å². The van der Waals surface area contributed by atoms with Gasteiger partial charge in [0.05, 0.1) is 0 Å². The summed E-state index contributed by atoms with van der Waals surface area (Å²) in [5, 5.41) is 19.2. The van der Waals surface area contributed by atoms with Crippen molar-refractivity contribution in [3.8, 4) is 11.8 Å². The average Bonchev–Trinajstić information content (AvgIpc) is 3.06. The molecule has 0 bridgehead atoms. The lowest BCUT2D eigenvalue weighted by Crippen LogP contribution is -2.40. The number of aromatic hydroxyl groups is 1. The van der Waals surface area contributed by atoms with Crippen molar-refractivity contribution in [2.45, 2.75) is 51.0 Å². The third kappa shape index (κ3) is 1.84. The zero-order valence-electron chi connectivity index (χ0n) is 14.3. The molecule has 128 valence electrons. The Balaban J connectivity index is 1.57. The summed E-state index contributed by atoms with van der Waals surface area (Å²) in [5.41, 5.74) is 3.85. The number of phenolic OH excluding ortho intramolecular Hbond substituents is 1. The highest BCUT2D eigenvalue weighted by molar-refractivity contribution is 5.97. The summed E-state index contributed by atoms with van der Waals surface area (Å²) in [4.78, 5) is 12.0. The van der Waals surface area contributed by atoms with Gasteiger partial charge in [-0.25, -0.2) is 4.79 Å². The van der Waals surface area contributed by atoms with Gasteiger partial charge in [0.15, 0.2) is 0 Å². The van der Waals surface area contributed by atoms with Crippen LogP contribution in [0.3, 0.4) is 0 Å². The molecule has 4 nitrogen and oxygen atoms in total. The van der Waals surface area contributed by atoms with Gasteiger partial charge in [0.2, 0.25) is 0 Å². The average molecular weight is 335 g/mol. The lowest BCUT2D eigenvalue weighted by atomic mass is 9.55. The number of ether oxygens (including phenoxy) is 1. The molecule has 25 heavy (non-hydrogen) atoms. The second-order valence-electron chi connectivity index (χ2n) is 8.28. The van der Waals surface area contributed by atoms with Crippen LogP contribution in [0.2, 0.25) is 0 Å². The minimum atomic E-state index is -0.422. The molecule has 1 aliphatic heterocycles. The summed E-state index contributed by atoms with van der Waals surface area (Å²) in [5.74, 6) is 1.47. The van der Waals surface area contributed by atoms with E-state index in [-0.39, 0.29) is 17.1 Å². The molecule has 3 aliphatic carbocycles. The molecule has 2 fully saturated rings. The predicted molar refractivity (Wildman–Crippen MR) is 90.6 cm³/mol. The normalized spacial score (nSPS) is 38.3. The Kier molecular flexibility index (Phi) is 2.93. The van der Waals surface area contributed by atoms with E-state index < -0.39 is 5.97 Å². The van der Waals surface area contributed by atoms with Gasteiger partial charge in [0, 0.05) is 5.57 Å². The van der Waals surface area contributed by atoms with E-state index in [1.54, 1.807) is 6.07 Å². The molecule has 1 aromatic carbocycles. The zero-order valence-corrected chi connectivity index (χ0v) is 14.3. The number of esters is 1. The predicted octanol–water partition coefficient (Wildman–Crippen LogP) is 3.60. The van der Waals surface area contributed by atoms with Crippen LogP contribution in [0.4, 0.5) is 0 Å². The molecule has 0 amide bonds. The highest BCUT2D eigenvalue weighted by Gasteiger charge is 2.60. The summed E-state index contributed by atoms with van der Waals surface area (Å²) < 4.78 is 5.54. The molecule has 4 aliphatic rings. The minimum absolute atomic E-state index is 0.0858.